The van der Waals surface area contributed by atoms with Crippen LogP contribution in [0.1, 0.15) is 6.42 Å². The van der Waals surface area contributed by atoms with Crippen molar-refractivity contribution in [1.29, 1.82) is 0 Å². The first-order chi connectivity index (χ1) is 12.3. The summed E-state index contributed by atoms with van der Waals surface area (Å²) in [5.74, 6) is 0.971. The van der Waals surface area contributed by atoms with Crippen molar-refractivity contribution >= 4 is 23.5 Å². The van der Waals surface area contributed by atoms with Gasteiger partial charge in [-0.05, 0) is 48.6 Å². The Morgan fingerprint density at radius 3 is 2.76 bits per heavy atom. The molecule has 25 heavy (non-hydrogen) atoms. The Morgan fingerprint density at radius 1 is 1.08 bits per heavy atom. The molecule has 0 aliphatic rings. The number of carbonyl (C=O) groups is 1. The molecule has 0 bridgehead atoms. The second kappa shape index (κ2) is 8.94. The maximum atomic E-state index is 12.0. The molecule has 3 aromatic rings. The highest BCUT2D eigenvalue weighted by Crippen LogP contribution is 2.17. The third-order valence-electron chi connectivity index (χ3n) is 3.49. The molecule has 6 heteroatoms. The summed E-state index contributed by atoms with van der Waals surface area (Å²) in [6, 6.07) is 19.5. The summed E-state index contributed by atoms with van der Waals surface area (Å²) in [7, 11) is 0. The molecule has 0 atom stereocenters. The minimum atomic E-state index is -0.192. The van der Waals surface area contributed by atoms with Crippen LogP contribution < -0.4 is 10.6 Å². The molecule has 3 rings (SSSR count). The van der Waals surface area contributed by atoms with Gasteiger partial charge in [-0.1, -0.05) is 24.3 Å². The monoisotopic (exact) mass is 352 g/mol. The van der Waals surface area contributed by atoms with E-state index in [1.807, 2.05) is 54.7 Å². The first kappa shape index (κ1) is 17.1. The second-order valence-corrected chi connectivity index (χ2v) is 6.57. The number of aromatic nitrogens is 2. The quantitative estimate of drug-likeness (QED) is 0.495. The lowest BCUT2D eigenvalue weighted by Gasteiger charge is -2.09. The van der Waals surface area contributed by atoms with Gasteiger partial charge in [0.2, 0.25) is 0 Å². The fraction of sp³-hybridized carbons (Fsp3) is 0.158. The van der Waals surface area contributed by atoms with E-state index in [0.717, 1.165) is 23.5 Å². The zero-order chi connectivity index (χ0) is 17.3. The molecule has 0 radical (unpaired) electrons. The first-order valence-electron chi connectivity index (χ1n) is 8.14. The minimum absolute atomic E-state index is 0.192. The number of thioether (sulfide) groups is 1. The summed E-state index contributed by atoms with van der Waals surface area (Å²) < 4.78 is 1.75. The van der Waals surface area contributed by atoms with Crippen LogP contribution in [0, 0.1) is 0 Å². The number of anilines is 1. The van der Waals surface area contributed by atoms with E-state index in [9.17, 15) is 4.79 Å². The molecule has 1 heterocycles. The van der Waals surface area contributed by atoms with Crippen molar-refractivity contribution in [3.05, 3.63) is 73.1 Å². The topological polar surface area (TPSA) is 59.0 Å². The fourth-order valence-corrected chi connectivity index (χ4v) is 3.18. The summed E-state index contributed by atoms with van der Waals surface area (Å²) >= 11 is 1.80. The van der Waals surface area contributed by atoms with Crippen LogP contribution in [0.25, 0.3) is 5.69 Å². The Hall–Kier alpha value is -2.73. The zero-order valence-corrected chi connectivity index (χ0v) is 14.6. The lowest BCUT2D eigenvalue weighted by molar-refractivity contribution is 0.252. The van der Waals surface area contributed by atoms with Crippen molar-refractivity contribution in [3.8, 4) is 5.69 Å². The smallest absolute Gasteiger partial charge is 0.319 e. The van der Waals surface area contributed by atoms with Crippen LogP contribution in [0.15, 0.2) is 78.0 Å². The van der Waals surface area contributed by atoms with Crippen LogP contribution in [-0.4, -0.2) is 28.1 Å². The van der Waals surface area contributed by atoms with Gasteiger partial charge in [0.15, 0.2) is 0 Å². The lowest BCUT2D eigenvalue weighted by atomic mass is 10.3. The Labute approximate surface area is 151 Å². The van der Waals surface area contributed by atoms with Crippen LogP contribution in [-0.2, 0) is 0 Å². The van der Waals surface area contributed by atoms with E-state index in [1.54, 1.807) is 22.6 Å². The zero-order valence-electron chi connectivity index (χ0n) is 13.8. The third-order valence-corrected chi connectivity index (χ3v) is 4.59. The standard InChI is InChI=1S/C19H20N4OS/c24-19(20-11-6-14-25-18-9-2-1-3-10-18)22-16-7-4-8-17(15-16)23-13-5-12-21-23/h1-5,7-10,12-13,15H,6,11,14H2,(H2,20,22,24). The third kappa shape index (κ3) is 5.39. The Balaban J connectivity index is 1.40. The highest BCUT2D eigenvalue weighted by Gasteiger charge is 2.03. The van der Waals surface area contributed by atoms with Crippen LogP contribution in [0.5, 0.6) is 0 Å². The number of nitrogens with one attached hydrogen (secondary N) is 2. The number of amides is 2. The predicted molar refractivity (Wildman–Crippen MR) is 102 cm³/mol. The molecule has 0 unspecified atom stereocenters. The number of hydrogen-bond donors (Lipinski definition) is 2. The van der Waals surface area contributed by atoms with Crippen molar-refractivity contribution in [2.24, 2.45) is 0 Å². The van der Waals surface area contributed by atoms with Crippen molar-refractivity contribution in [3.63, 3.8) is 0 Å². The van der Waals surface area contributed by atoms with E-state index in [1.165, 1.54) is 4.90 Å². The van der Waals surface area contributed by atoms with Crippen LogP contribution in [0.4, 0.5) is 10.5 Å². The van der Waals surface area contributed by atoms with Gasteiger partial charge in [-0.3, -0.25) is 0 Å². The van der Waals surface area contributed by atoms with Crippen molar-refractivity contribution in [2.45, 2.75) is 11.3 Å². The van der Waals surface area contributed by atoms with Gasteiger partial charge in [0.1, 0.15) is 0 Å². The van der Waals surface area contributed by atoms with Gasteiger partial charge in [0.05, 0.1) is 5.69 Å². The SMILES string of the molecule is O=C(NCCCSc1ccccc1)Nc1cccc(-n2cccn2)c1. The van der Waals surface area contributed by atoms with Gasteiger partial charge in [-0.15, -0.1) is 11.8 Å². The Morgan fingerprint density at radius 2 is 1.96 bits per heavy atom. The van der Waals surface area contributed by atoms with E-state index in [2.05, 4.69) is 27.9 Å². The molecule has 0 aliphatic heterocycles. The highest BCUT2D eigenvalue weighted by atomic mass is 32.2. The van der Waals surface area contributed by atoms with E-state index in [0.29, 0.717) is 6.54 Å². The van der Waals surface area contributed by atoms with Gasteiger partial charge < -0.3 is 10.6 Å². The average molecular weight is 352 g/mol. The summed E-state index contributed by atoms with van der Waals surface area (Å²) in [5.41, 5.74) is 1.64. The van der Waals surface area contributed by atoms with Gasteiger partial charge >= 0.3 is 6.03 Å². The summed E-state index contributed by atoms with van der Waals surface area (Å²) in [6.07, 6.45) is 4.50. The van der Waals surface area contributed by atoms with Gasteiger partial charge in [-0.25, -0.2) is 9.48 Å². The summed E-state index contributed by atoms with van der Waals surface area (Å²) in [4.78, 5) is 13.2. The number of benzene rings is 2. The molecule has 0 saturated carbocycles. The number of nitrogens with zero attached hydrogens (tertiary/aromatic N) is 2. The van der Waals surface area contributed by atoms with E-state index in [-0.39, 0.29) is 6.03 Å². The second-order valence-electron chi connectivity index (χ2n) is 5.40. The molecular formula is C19H20N4OS. The van der Waals surface area contributed by atoms with Gasteiger partial charge in [-0.2, -0.15) is 5.10 Å². The number of urea groups is 1. The predicted octanol–water partition coefficient (Wildman–Crippen LogP) is 4.18. The maximum absolute atomic E-state index is 12.0. The first-order valence-corrected chi connectivity index (χ1v) is 9.12. The molecule has 1 aromatic heterocycles. The van der Waals surface area contributed by atoms with Gasteiger partial charge in [0, 0.05) is 29.5 Å². The van der Waals surface area contributed by atoms with Gasteiger partial charge in [0.25, 0.3) is 0 Å². The van der Waals surface area contributed by atoms with Crippen LogP contribution in [0.2, 0.25) is 0 Å². The van der Waals surface area contributed by atoms with Crippen molar-refractivity contribution in [2.75, 3.05) is 17.6 Å². The number of carbonyl (C=O) groups excluding carboxylic acids is 1. The van der Waals surface area contributed by atoms with Crippen LogP contribution >= 0.6 is 11.8 Å². The van der Waals surface area contributed by atoms with E-state index < -0.39 is 0 Å². The normalized spacial score (nSPS) is 10.4. The van der Waals surface area contributed by atoms with E-state index >= 15 is 0 Å². The lowest BCUT2D eigenvalue weighted by Crippen LogP contribution is -2.29. The summed E-state index contributed by atoms with van der Waals surface area (Å²) in [5, 5.41) is 9.93. The molecule has 128 valence electrons. The summed E-state index contributed by atoms with van der Waals surface area (Å²) in [6.45, 7) is 0.643. The molecule has 2 N–H and O–H groups in total. The molecule has 2 amide bonds. The van der Waals surface area contributed by atoms with E-state index in [4.69, 9.17) is 0 Å². The molecule has 0 spiro atoms. The average Bonchev–Trinajstić information content (AvgIpc) is 3.17. The molecule has 5 nitrogen and oxygen atoms in total. The fourth-order valence-electron chi connectivity index (χ4n) is 2.30. The van der Waals surface area contributed by atoms with Crippen molar-refractivity contribution in [1.82, 2.24) is 15.1 Å². The molecule has 0 aliphatic carbocycles. The van der Waals surface area contributed by atoms with Crippen LogP contribution in [0.3, 0.4) is 0 Å². The number of rotatable bonds is 7. The molecular weight excluding hydrogens is 332 g/mol. The minimum Gasteiger partial charge on any atom is -0.338 e. The number of hydrogen-bond acceptors (Lipinski definition) is 3. The van der Waals surface area contributed by atoms with Crippen molar-refractivity contribution < 1.29 is 4.79 Å². The highest BCUT2D eigenvalue weighted by molar-refractivity contribution is 7.99. The maximum Gasteiger partial charge on any atom is 0.319 e. The molecule has 0 saturated heterocycles. The largest absolute Gasteiger partial charge is 0.338 e. The molecule has 2 aromatic carbocycles. The Kier molecular flexibility index (Phi) is 6.11. The molecule has 0 fully saturated rings. The Bertz CT molecular complexity index is 790.